The molecule has 1 aromatic heterocycles. The molecule has 4 nitrogen and oxygen atoms in total. The summed E-state index contributed by atoms with van der Waals surface area (Å²) in [4.78, 5) is 23.8. The fourth-order valence-corrected chi connectivity index (χ4v) is 0.900. The van der Waals surface area contributed by atoms with Gasteiger partial charge in [-0.2, -0.15) is 0 Å². The summed E-state index contributed by atoms with van der Waals surface area (Å²) in [5.74, 6) is 3.91. The summed E-state index contributed by atoms with van der Waals surface area (Å²) in [6.07, 6.45) is 1.32. The van der Waals surface area contributed by atoms with Crippen molar-refractivity contribution in [3.63, 3.8) is 0 Å². The van der Waals surface area contributed by atoms with Gasteiger partial charge in [0.15, 0.2) is 0 Å². The fourth-order valence-electron chi connectivity index (χ4n) is 0.900. The van der Waals surface area contributed by atoms with E-state index in [4.69, 9.17) is 5.11 Å². The number of aliphatic carboxylic acids is 1. The molecule has 0 aliphatic heterocycles. The van der Waals surface area contributed by atoms with Crippen LogP contribution in [0, 0.1) is 18.8 Å². The van der Waals surface area contributed by atoms with Crippen LogP contribution in [0.3, 0.4) is 0 Å². The third-order valence-corrected chi connectivity index (χ3v) is 1.51. The van der Waals surface area contributed by atoms with E-state index < -0.39 is 5.97 Å². The number of carbonyl (C=O) groups is 1. The van der Waals surface area contributed by atoms with Gasteiger partial charge in [0.25, 0.3) is 5.56 Å². The highest BCUT2D eigenvalue weighted by molar-refractivity contribution is 5.70. The molecule has 1 rings (SSSR count). The molecule has 0 unspecified atom stereocenters. The number of rotatable bonds is 1. The van der Waals surface area contributed by atoms with Gasteiger partial charge in [-0.05, 0) is 18.6 Å². The Bertz CT molecular complexity index is 462. The van der Waals surface area contributed by atoms with Crippen molar-refractivity contribution in [1.82, 2.24) is 4.98 Å². The van der Waals surface area contributed by atoms with Crippen LogP contribution in [0.2, 0.25) is 0 Å². The van der Waals surface area contributed by atoms with Crippen LogP contribution in [0.1, 0.15) is 17.5 Å². The van der Waals surface area contributed by atoms with Gasteiger partial charge in [-0.25, -0.2) is 0 Å². The summed E-state index contributed by atoms with van der Waals surface area (Å²) in [6.45, 7) is 1.82. The molecule has 0 radical (unpaired) electrons. The van der Waals surface area contributed by atoms with Crippen LogP contribution in [0.15, 0.2) is 17.1 Å². The molecule has 0 saturated heterocycles. The number of pyridine rings is 1. The largest absolute Gasteiger partial charge is 0.481 e. The van der Waals surface area contributed by atoms with Crippen LogP contribution in [-0.4, -0.2) is 16.1 Å². The van der Waals surface area contributed by atoms with Crippen LogP contribution < -0.4 is 5.56 Å². The lowest BCUT2D eigenvalue weighted by atomic mass is 10.2. The SMILES string of the molecule is Cc1c[nH]c(=O)c(C#CCC(=O)O)c1. The molecule has 0 fully saturated rings. The average molecular weight is 191 g/mol. The Labute approximate surface area is 80.6 Å². The number of aryl methyl sites for hydroxylation is 1. The zero-order valence-electron chi connectivity index (χ0n) is 7.63. The molecule has 2 N–H and O–H groups in total. The van der Waals surface area contributed by atoms with E-state index in [0.29, 0.717) is 5.56 Å². The zero-order valence-corrected chi connectivity index (χ0v) is 7.63. The second-order valence-corrected chi connectivity index (χ2v) is 2.79. The van der Waals surface area contributed by atoms with Gasteiger partial charge in [0.05, 0.1) is 5.56 Å². The third kappa shape index (κ3) is 2.79. The highest BCUT2D eigenvalue weighted by Gasteiger charge is 1.95. The summed E-state index contributed by atoms with van der Waals surface area (Å²) < 4.78 is 0. The van der Waals surface area contributed by atoms with Crippen LogP contribution in [0.4, 0.5) is 0 Å². The molecule has 4 heteroatoms. The number of carboxylic acid groups (broad SMARTS) is 1. The minimum absolute atomic E-state index is 0.257. The van der Waals surface area contributed by atoms with E-state index in [1.807, 2.05) is 6.92 Å². The maximum Gasteiger partial charge on any atom is 0.315 e. The fraction of sp³-hybridized carbons (Fsp3) is 0.200. The molecule has 1 aromatic rings. The minimum Gasteiger partial charge on any atom is -0.481 e. The number of nitrogens with one attached hydrogen (secondary N) is 1. The molecule has 0 spiro atoms. The van der Waals surface area contributed by atoms with E-state index in [-0.39, 0.29) is 12.0 Å². The average Bonchev–Trinajstić information content (AvgIpc) is 2.10. The molecule has 0 amide bonds. The monoisotopic (exact) mass is 191 g/mol. The molecule has 14 heavy (non-hydrogen) atoms. The summed E-state index contributed by atoms with van der Waals surface area (Å²) in [6, 6.07) is 1.62. The van der Waals surface area contributed by atoms with Crippen LogP contribution in [-0.2, 0) is 4.79 Å². The van der Waals surface area contributed by atoms with Gasteiger partial charge < -0.3 is 10.1 Å². The number of carboxylic acids is 1. The summed E-state index contributed by atoms with van der Waals surface area (Å²) in [5, 5.41) is 8.33. The van der Waals surface area contributed by atoms with Crippen LogP contribution in [0.5, 0.6) is 0 Å². The molecule has 0 aromatic carbocycles. The topological polar surface area (TPSA) is 70.2 Å². The second kappa shape index (κ2) is 4.28. The lowest BCUT2D eigenvalue weighted by Crippen LogP contribution is -2.09. The molecule has 0 saturated carbocycles. The Kier molecular flexibility index (Phi) is 3.08. The lowest BCUT2D eigenvalue weighted by Gasteiger charge is -1.91. The smallest absolute Gasteiger partial charge is 0.315 e. The normalized spacial score (nSPS) is 8.93. The van der Waals surface area contributed by atoms with Gasteiger partial charge in [-0.15, -0.1) is 0 Å². The molecule has 0 bridgehead atoms. The standard InChI is InChI=1S/C10H9NO3/c1-7-5-8(10(14)11-6-7)3-2-4-9(12)13/h5-6H,4H2,1H3,(H,11,14)(H,12,13). The Hall–Kier alpha value is -2.02. The van der Waals surface area contributed by atoms with Crippen molar-refractivity contribution in [2.75, 3.05) is 0 Å². The molecule has 0 atom stereocenters. The Morgan fingerprint density at radius 1 is 1.64 bits per heavy atom. The number of hydrogen-bond donors (Lipinski definition) is 2. The van der Waals surface area contributed by atoms with Gasteiger partial charge >= 0.3 is 5.97 Å². The molecule has 0 aliphatic carbocycles. The Morgan fingerprint density at radius 3 is 3.00 bits per heavy atom. The van der Waals surface area contributed by atoms with Crippen LogP contribution >= 0.6 is 0 Å². The molecule has 0 aliphatic rings. The predicted octanol–water partition coefficient (Wildman–Crippen LogP) is 0.510. The summed E-state index contributed by atoms with van der Waals surface area (Å²) in [5.41, 5.74) is 0.879. The first-order valence-corrected chi connectivity index (χ1v) is 3.99. The second-order valence-electron chi connectivity index (χ2n) is 2.79. The van der Waals surface area contributed by atoms with Gasteiger partial charge in [0.2, 0.25) is 0 Å². The number of H-pyrrole nitrogens is 1. The van der Waals surface area contributed by atoms with Crippen molar-refractivity contribution in [2.24, 2.45) is 0 Å². The lowest BCUT2D eigenvalue weighted by molar-refractivity contribution is -0.135. The minimum atomic E-state index is -0.999. The van der Waals surface area contributed by atoms with Gasteiger partial charge in [0, 0.05) is 6.20 Å². The van der Waals surface area contributed by atoms with Crippen molar-refractivity contribution in [2.45, 2.75) is 13.3 Å². The number of aromatic nitrogens is 1. The molecule has 1 heterocycles. The third-order valence-electron chi connectivity index (χ3n) is 1.51. The van der Waals surface area contributed by atoms with Crippen molar-refractivity contribution in [3.8, 4) is 11.8 Å². The van der Waals surface area contributed by atoms with Gasteiger partial charge in [-0.3, -0.25) is 9.59 Å². The zero-order chi connectivity index (χ0) is 10.6. The highest BCUT2D eigenvalue weighted by Crippen LogP contribution is 1.93. The molecular formula is C10H9NO3. The van der Waals surface area contributed by atoms with E-state index >= 15 is 0 Å². The van der Waals surface area contributed by atoms with Crippen molar-refractivity contribution < 1.29 is 9.90 Å². The first-order chi connectivity index (χ1) is 6.59. The predicted molar refractivity (Wildman–Crippen MR) is 50.9 cm³/mol. The number of aromatic amines is 1. The highest BCUT2D eigenvalue weighted by atomic mass is 16.4. The van der Waals surface area contributed by atoms with E-state index in [1.54, 1.807) is 12.3 Å². The van der Waals surface area contributed by atoms with E-state index in [0.717, 1.165) is 5.56 Å². The first kappa shape index (κ1) is 10.1. The van der Waals surface area contributed by atoms with Gasteiger partial charge in [-0.1, -0.05) is 11.8 Å². The first-order valence-electron chi connectivity index (χ1n) is 3.99. The van der Waals surface area contributed by atoms with Crippen LogP contribution in [0.25, 0.3) is 0 Å². The number of hydrogen-bond acceptors (Lipinski definition) is 2. The van der Waals surface area contributed by atoms with E-state index in [1.165, 1.54) is 0 Å². The van der Waals surface area contributed by atoms with E-state index in [9.17, 15) is 9.59 Å². The van der Waals surface area contributed by atoms with Crippen molar-refractivity contribution in [3.05, 3.63) is 33.7 Å². The Balaban J connectivity index is 2.94. The molecule has 72 valence electrons. The van der Waals surface area contributed by atoms with Crippen molar-refractivity contribution >= 4 is 5.97 Å². The maximum absolute atomic E-state index is 11.1. The van der Waals surface area contributed by atoms with Gasteiger partial charge in [0.1, 0.15) is 6.42 Å². The summed E-state index contributed by atoms with van der Waals surface area (Å²) >= 11 is 0. The summed E-state index contributed by atoms with van der Waals surface area (Å²) in [7, 11) is 0. The Morgan fingerprint density at radius 2 is 2.36 bits per heavy atom. The molecular weight excluding hydrogens is 182 g/mol. The van der Waals surface area contributed by atoms with E-state index in [2.05, 4.69) is 16.8 Å². The van der Waals surface area contributed by atoms with Crippen molar-refractivity contribution in [1.29, 1.82) is 0 Å². The maximum atomic E-state index is 11.1. The quantitative estimate of drug-likeness (QED) is 0.635.